The predicted octanol–water partition coefficient (Wildman–Crippen LogP) is 4.29. The van der Waals surface area contributed by atoms with Crippen LogP contribution < -0.4 is 10.2 Å². The van der Waals surface area contributed by atoms with E-state index in [-0.39, 0.29) is 11.8 Å². The Kier molecular flexibility index (Phi) is 6.07. The third kappa shape index (κ3) is 4.67. The highest BCUT2D eigenvalue weighted by molar-refractivity contribution is 5.79. The van der Waals surface area contributed by atoms with Crippen LogP contribution in [-0.4, -0.2) is 29.2 Å². The lowest BCUT2D eigenvalue weighted by Gasteiger charge is -2.32. The first-order valence-corrected chi connectivity index (χ1v) is 10.6. The molecule has 1 unspecified atom stereocenters. The van der Waals surface area contributed by atoms with Crippen molar-refractivity contribution in [2.45, 2.75) is 33.2 Å². The molecule has 0 saturated carbocycles. The number of carbonyl (C=O) groups excluding carboxylic acids is 1. The summed E-state index contributed by atoms with van der Waals surface area (Å²) in [5, 5.41) is 12.0. The molecule has 1 saturated heterocycles. The number of carbonyl (C=O) groups is 1. The molecule has 1 aliphatic rings. The third-order valence-electron chi connectivity index (χ3n) is 5.78. The zero-order chi connectivity index (χ0) is 20.9. The number of hydrogen-bond acceptors (Lipinski definition) is 4. The van der Waals surface area contributed by atoms with Gasteiger partial charge in [-0.2, -0.15) is 0 Å². The van der Waals surface area contributed by atoms with Gasteiger partial charge < -0.3 is 10.2 Å². The van der Waals surface area contributed by atoms with Crippen molar-refractivity contribution in [3.05, 3.63) is 77.4 Å². The van der Waals surface area contributed by atoms with E-state index in [4.69, 9.17) is 0 Å². The van der Waals surface area contributed by atoms with Gasteiger partial charge in [-0.25, -0.2) is 0 Å². The van der Waals surface area contributed by atoms with Crippen molar-refractivity contribution in [3.63, 3.8) is 0 Å². The quantitative estimate of drug-likeness (QED) is 0.694. The van der Waals surface area contributed by atoms with Gasteiger partial charge in [0.15, 0.2) is 5.82 Å². The van der Waals surface area contributed by atoms with Gasteiger partial charge in [-0.1, -0.05) is 54.1 Å². The number of nitrogens with zero attached hydrogens (tertiary/aromatic N) is 3. The Labute approximate surface area is 178 Å². The summed E-state index contributed by atoms with van der Waals surface area (Å²) in [4.78, 5) is 14.9. The molecule has 30 heavy (non-hydrogen) atoms. The molecule has 4 rings (SSSR count). The largest absolute Gasteiger partial charge is 0.354 e. The summed E-state index contributed by atoms with van der Waals surface area (Å²) in [6.45, 7) is 6.30. The van der Waals surface area contributed by atoms with Gasteiger partial charge in [0, 0.05) is 25.2 Å². The SMILES string of the molecule is Cc1ccc(CNC(=O)C2CCCN(c3ccc(-c4ccccc4C)nn3)C2)cc1. The van der Waals surface area contributed by atoms with Crippen LogP contribution in [0.25, 0.3) is 11.3 Å². The van der Waals surface area contributed by atoms with Crippen LogP contribution in [0.15, 0.2) is 60.7 Å². The van der Waals surface area contributed by atoms with Crippen molar-refractivity contribution in [3.8, 4) is 11.3 Å². The summed E-state index contributed by atoms with van der Waals surface area (Å²) in [6.07, 6.45) is 1.88. The van der Waals surface area contributed by atoms with Gasteiger partial charge in [-0.15, -0.1) is 10.2 Å². The van der Waals surface area contributed by atoms with E-state index < -0.39 is 0 Å². The van der Waals surface area contributed by atoms with Gasteiger partial charge in [0.05, 0.1) is 11.6 Å². The van der Waals surface area contributed by atoms with E-state index in [9.17, 15) is 4.79 Å². The lowest BCUT2D eigenvalue weighted by atomic mass is 9.97. The number of hydrogen-bond donors (Lipinski definition) is 1. The standard InChI is InChI=1S/C25H28N4O/c1-18-9-11-20(12-10-18)16-26-25(30)21-7-5-15-29(17-21)24-14-13-23(27-28-24)22-8-4-3-6-19(22)2/h3-4,6,8-14,21H,5,7,15-17H2,1-2H3,(H,26,30). The minimum absolute atomic E-state index is 0.0259. The van der Waals surface area contributed by atoms with Gasteiger partial charge in [-0.05, 0) is 49.9 Å². The number of anilines is 1. The molecule has 2 aromatic carbocycles. The van der Waals surface area contributed by atoms with Crippen molar-refractivity contribution >= 4 is 11.7 Å². The van der Waals surface area contributed by atoms with Crippen LogP contribution in [0, 0.1) is 19.8 Å². The van der Waals surface area contributed by atoms with Crippen LogP contribution in [0.2, 0.25) is 0 Å². The fraction of sp³-hybridized carbons (Fsp3) is 0.320. The summed E-state index contributed by atoms with van der Waals surface area (Å²) in [5.74, 6) is 0.926. The zero-order valence-corrected chi connectivity index (χ0v) is 17.6. The monoisotopic (exact) mass is 400 g/mol. The average molecular weight is 401 g/mol. The van der Waals surface area contributed by atoms with Gasteiger partial charge in [-0.3, -0.25) is 4.79 Å². The van der Waals surface area contributed by atoms with Gasteiger partial charge in [0.1, 0.15) is 0 Å². The smallest absolute Gasteiger partial charge is 0.225 e. The van der Waals surface area contributed by atoms with Gasteiger partial charge >= 0.3 is 0 Å². The number of amides is 1. The molecule has 0 spiro atoms. The molecule has 1 fully saturated rings. The summed E-state index contributed by atoms with van der Waals surface area (Å²) < 4.78 is 0. The van der Waals surface area contributed by atoms with E-state index in [0.717, 1.165) is 42.0 Å². The second-order valence-electron chi connectivity index (χ2n) is 8.08. The molecule has 1 atom stereocenters. The molecule has 1 aromatic heterocycles. The number of piperidine rings is 1. The normalized spacial score (nSPS) is 16.3. The highest BCUT2D eigenvalue weighted by atomic mass is 16.1. The van der Waals surface area contributed by atoms with Gasteiger partial charge in [0.2, 0.25) is 5.91 Å². The Bertz CT molecular complexity index is 998. The number of aromatic nitrogens is 2. The maximum Gasteiger partial charge on any atom is 0.225 e. The maximum atomic E-state index is 12.7. The van der Waals surface area contributed by atoms with Gasteiger partial charge in [0.25, 0.3) is 0 Å². The average Bonchev–Trinajstić information content (AvgIpc) is 2.79. The lowest BCUT2D eigenvalue weighted by Crippen LogP contribution is -2.43. The number of rotatable bonds is 5. The Hall–Kier alpha value is -3.21. The Balaban J connectivity index is 1.38. The summed E-state index contributed by atoms with van der Waals surface area (Å²) in [6, 6.07) is 20.5. The van der Waals surface area contributed by atoms with E-state index in [1.165, 1.54) is 11.1 Å². The number of nitrogens with one attached hydrogen (secondary N) is 1. The second kappa shape index (κ2) is 9.08. The second-order valence-corrected chi connectivity index (χ2v) is 8.08. The van der Waals surface area contributed by atoms with Crippen molar-refractivity contribution in [2.24, 2.45) is 5.92 Å². The summed E-state index contributed by atoms with van der Waals surface area (Å²) in [5.41, 5.74) is 5.51. The first kappa shape index (κ1) is 20.1. The number of benzene rings is 2. The van der Waals surface area contributed by atoms with E-state index in [1.807, 2.05) is 24.3 Å². The number of aryl methyl sites for hydroxylation is 2. The van der Waals surface area contributed by atoms with Crippen molar-refractivity contribution in [1.29, 1.82) is 0 Å². The summed E-state index contributed by atoms with van der Waals surface area (Å²) >= 11 is 0. The molecular weight excluding hydrogens is 372 g/mol. The topological polar surface area (TPSA) is 58.1 Å². The summed E-state index contributed by atoms with van der Waals surface area (Å²) in [7, 11) is 0. The van der Waals surface area contributed by atoms with Crippen LogP contribution in [-0.2, 0) is 11.3 Å². The lowest BCUT2D eigenvalue weighted by molar-refractivity contribution is -0.125. The van der Waals surface area contributed by atoms with Crippen LogP contribution in [0.5, 0.6) is 0 Å². The van der Waals surface area contributed by atoms with E-state index >= 15 is 0 Å². The van der Waals surface area contributed by atoms with Crippen LogP contribution in [0.3, 0.4) is 0 Å². The molecule has 5 heteroatoms. The maximum absolute atomic E-state index is 12.7. The highest BCUT2D eigenvalue weighted by Gasteiger charge is 2.26. The van der Waals surface area contributed by atoms with Crippen LogP contribution in [0.1, 0.15) is 29.5 Å². The minimum atomic E-state index is -0.0259. The van der Waals surface area contributed by atoms with Crippen molar-refractivity contribution in [2.75, 3.05) is 18.0 Å². The van der Waals surface area contributed by atoms with E-state index in [2.05, 4.69) is 70.7 Å². The molecule has 0 bridgehead atoms. The van der Waals surface area contributed by atoms with E-state index in [1.54, 1.807) is 0 Å². The first-order chi connectivity index (χ1) is 14.6. The van der Waals surface area contributed by atoms with E-state index in [0.29, 0.717) is 13.1 Å². The molecule has 3 aromatic rings. The molecule has 2 heterocycles. The Morgan fingerprint density at radius 2 is 1.83 bits per heavy atom. The zero-order valence-electron chi connectivity index (χ0n) is 17.6. The molecule has 1 amide bonds. The highest BCUT2D eigenvalue weighted by Crippen LogP contribution is 2.25. The van der Waals surface area contributed by atoms with Crippen LogP contribution >= 0.6 is 0 Å². The molecule has 1 N–H and O–H groups in total. The molecule has 5 nitrogen and oxygen atoms in total. The fourth-order valence-corrected chi connectivity index (χ4v) is 3.94. The molecular formula is C25H28N4O. The molecule has 0 radical (unpaired) electrons. The fourth-order valence-electron chi connectivity index (χ4n) is 3.94. The molecule has 154 valence electrons. The molecule has 1 aliphatic heterocycles. The first-order valence-electron chi connectivity index (χ1n) is 10.6. The predicted molar refractivity (Wildman–Crippen MR) is 120 cm³/mol. The Morgan fingerprint density at radius 1 is 1.03 bits per heavy atom. The van der Waals surface area contributed by atoms with Crippen molar-refractivity contribution in [1.82, 2.24) is 15.5 Å². The van der Waals surface area contributed by atoms with Crippen molar-refractivity contribution < 1.29 is 4.79 Å². The third-order valence-corrected chi connectivity index (χ3v) is 5.78. The Morgan fingerprint density at radius 3 is 2.57 bits per heavy atom. The minimum Gasteiger partial charge on any atom is -0.354 e. The van der Waals surface area contributed by atoms with Crippen LogP contribution in [0.4, 0.5) is 5.82 Å². The molecule has 0 aliphatic carbocycles.